The quantitative estimate of drug-likeness (QED) is 0.445. The van der Waals surface area contributed by atoms with Gasteiger partial charge in [-0.3, -0.25) is 10.00 Å². The smallest absolute Gasteiger partial charge is 0.159 e. The molecular formula is C24H24ClFN6. The molecule has 1 saturated heterocycles. The van der Waals surface area contributed by atoms with Gasteiger partial charge in [0.25, 0.3) is 0 Å². The van der Waals surface area contributed by atoms with E-state index in [1.54, 1.807) is 12.3 Å². The molecule has 0 amide bonds. The van der Waals surface area contributed by atoms with Crippen molar-refractivity contribution in [2.24, 2.45) is 0 Å². The molecule has 0 spiro atoms. The molecular weight excluding hydrogens is 427 g/mol. The molecule has 32 heavy (non-hydrogen) atoms. The lowest BCUT2D eigenvalue weighted by atomic mass is 9.96. The number of aromatic nitrogens is 4. The summed E-state index contributed by atoms with van der Waals surface area (Å²) in [6.45, 7) is 11.3. The lowest BCUT2D eigenvalue weighted by molar-refractivity contribution is 0.227. The number of H-pyrrole nitrogens is 1. The SMILES string of the molecule is C=CC(C)N1CCN(c2ncnc3c(F)c(-c4c(C)ccc5cn[nH]c45)c(Cl)cc23)CC1. The molecule has 1 N–H and O–H groups in total. The Hall–Kier alpha value is -3.03. The summed E-state index contributed by atoms with van der Waals surface area (Å²) in [6, 6.07) is 6.01. The van der Waals surface area contributed by atoms with Crippen LogP contribution in [-0.2, 0) is 0 Å². The first-order valence-electron chi connectivity index (χ1n) is 10.7. The molecule has 1 unspecified atom stereocenters. The van der Waals surface area contributed by atoms with Crippen LogP contribution in [0.1, 0.15) is 12.5 Å². The van der Waals surface area contributed by atoms with E-state index in [1.165, 1.54) is 6.33 Å². The van der Waals surface area contributed by atoms with Crippen LogP contribution >= 0.6 is 11.6 Å². The van der Waals surface area contributed by atoms with Crippen molar-refractivity contribution >= 4 is 39.2 Å². The highest BCUT2D eigenvalue weighted by molar-refractivity contribution is 6.35. The van der Waals surface area contributed by atoms with Gasteiger partial charge < -0.3 is 4.90 Å². The fourth-order valence-electron chi connectivity index (χ4n) is 4.53. The van der Waals surface area contributed by atoms with Crippen LogP contribution in [0.15, 0.2) is 43.4 Å². The average Bonchev–Trinajstić information content (AvgIpc) is 3.28. The minimum Gasteiger partial charge on any atom is -0.353 e. The van der Waals surface area contributed by atoms with Crippen molar-refractivity contribution in [2.75, 3.05) is 31.1 Å². The van der Waals surface area contributed by atoms with Gasteiger partial charge in [0.15, 0.2) is 5.82 Å². The number of nitrogens with one attached hydrogen (secondary N) is 1. The predicted molar refractivity (Wildman–Crippen MR) is 128 cm³/mol. The summed E-state index contributed by atoms with van der Waals surface area (Å²) in [7, 11) is 0. The molecule has 0 aliphatic carbocycles. The van der Waals surface area contributed by atoms with E-state index in [-0.39, 0.29) is 5.52 Å². The molecule has 8 heteroatoms. The molecule has 2 aromatic heterocycles. The number of rotatable bonds is 4. The topological polar surface area (TPSA) is 60.9 Å². The van der Waals surface area contributed by atoms with Gasteiger partial charge >= 0.3 is 0 Å². The zero-order chi connectivity index (χ0) is 22.4. The molecule has 5 rings (SSSR count). The Balaban J connectivity index is 1.61. The lowest BCUT2D eigenvalue weighted by Crippen LogP contribution is -2.49. The van der Waals surface area contributed by atoms with Crippen LogP contribution in [0.5, 0.6) is 0 Å². The van der Waals surface area contributed by atoms with Gasteiger partial charge in [0.2, 0.25) is 0 Å². The van der Waals surface area contributed by atoms with E-state index in [4.69, 9.17) is 11.6 Å². The highest BCUT2D eigenvalue weighted by atomic mass is 35.5. The molecule has 1 atom stereocenters. The number of aryl methyl sites for hydroxylation is 1. The van der Waals surface area contributed by atoms with Gasteiger partial charge in [0.1, 0.15) is 17.7 Å². The van der Waals surface area contributed by atoms with Crippen LogP contribution in [0.2, 0.25) is 5.02 Å². The van der Waals surface area contributed by atoms with Crippen molar-refractivity contribution in [1.82, 2.24) is 25.1 Å². The molecule has 2 aromatic carbocycles. The van der Waals surface area contributed by atoms with Crippen LogP contribution in [0.3, 0.4) is 0 Å². The minimum absolute atomic E-state index is 0.271. The second-order valence-corrected chi connectivity index (χ2v) is 8.64. The van der Waals surface area contributed by atoms with Gasteiger partial charge in [-0.05, 0) is 25.5 Å². The number of piperazine rings is 1. The fraction of sp³-hybridized carbons (Fsp3) is 0.292. The van der Waals surface area contributed by atoms with Gasteiger partial charge in [-0.15, -0.1) is 6.58 Å². The maximum absolute atomic E-state index is 15.9. The van der Waals surface area contributed by atoms with Gasteiger partial charge in [-0.25, -0.2) is 14.4 Å². The summed E-state index contributed by atoms with van der Waals surface area (Å²) in [5.74, 6) is 0.269. The van der Waals surface area contributed by atoms with Crippen LogP contribution in [0.4, 0.5) is 10.2 Å². The van der Waals surface area contributed by atoms with Crippen molar-refractivity contribution < 1.29 is 4.39 Å². The Morgan fingerprint density at radius 3 is 2.72 bits per heavy atom. The zero-order valence-electron chi connectivity index (χ0n) is 18.1. The summed E-state index contributed by atoms with van der Waals surface area (Å²) >= 11 is 6.71. The summed E-state index contributed by atoms with van der Waals surface area (Å²) < 4.78 is 15.9. The number of anilines is 1. The second kappa shape index (κ2) is 8.15. The van der Waals surface area contributed by atoms with Gasteiger partial charge in [-0.2, -0.15) is 5.10 Å². The Kier molecular flexibility index (Phi) is 5.31. The van der Waals surface area contributed by atoms with Crippen LogP contribution in [0, 0.1) is 12.7 Å². The summed E-state index contributed by atoms with van der Waals surface area (Å²) in [5.41, 5.74) is 2.97. The zero-order valence-corrected chi connectivity index (χ0v) is 18.8. The Bertz CT molecular complexity index is 1330. The van der Waals surface area contributed by atoms with Crippen molar-refractivity contribution in [3.63, 3.8) is 0 Å². The van der Waals surface area contributed by atoms with Gasteiger partial charge in [0, 0.05) is 54.1 Å². The van der Waals surface area contributed by atoms with Crippen molar-refractivity contribution in [3.05, 3.63) is 59.8 Å². The number of hydrogen-bond donors (Lipinski definition) is 1. The average molecular weight is 451 g/mol. The van der Waals surface area contributed by atoms with E-state index in [1.807, 2.05) is 25.1 Å². The molecule has 1 aliphatic rings. The van der Waals surface area contributed by atoms with Crippen LogP contribution < -0.4 is 4.90 Å². The highest BCUT2D eigenvalue weighted by Gasteiger charge is 2.25. The Morgan fingerprint density at radius 2 is 1.97 bits per heavy atom. The van der Waals surface area contributed by atoms with E-state index >= 15 is 4.39 Å². The minimum atomic E-state index is -0.444. The van der Waals surface area contributed by atoms with E-state index in [2.05, 4.69) is 43.5 Å². The van der Waals surface area contributed by atoms with Crippen molar-refractivity contribution in [2.45, 2.75) is 19.9 Å². The van der Waals surface area contributed by atoms with Crippen LogP contribution in [-0.4, -0.2) is 57.3 Å². The monoisotopic (exact) mass is 450 g/mol. The first-order chi connectivity index (χ1) is 15.5. The third kappa shape index (κ3) is 3.32. The number of halogens is 2. The summed E-state index contributed by atoms with van der Waals surface area (Å²) in [4.78, 5) is 13.3. The van der Waals surface area contributed by atoms with E-state index in [0.717, 1.165) is 42.6 Å². The summed E-state index contributed by atoms with van der Waals surface area (Å²) in [5, 5.41) is 8.95. The van der Waals surface area contributed by atoms with Crippen LogP contribution in [0.25, 0.3) is 32.9 Å². The van der Waals surface area contributed by atoms with E-state index < -0.39 is 5.82 Å². The number of benzene rings is 2. The first kappa shape index (κ1) is 20.8. The molecule has 1 fully saturated rings. The normalized spacial score (nSPS) is 16.1. The van der Waals surface area contributed by atoms with E-state index in [9.17, 15) is 0 Å². The third-order valence-electron chi connectivity index (χ3n) is 6.41. The van der Waals surface area contributed by atoms with Crippen molar-refractivity contribution in [3.8, 4) is 11.1 Å². The number of hydrogen-bond acceptors (Lipinski definition) is 5. The Morgan fingerprint density at radius 1 is 1.19 bits per heavy atom. The molecule has 3 heterocycles. The largest absolute Gasteiger partial charge is 0.353 e. The van der Waals surface area contributed by atoms with E-state index in [0.29, 0.717) is 33.4 Å². The fourth-order valence-corrected chi connectivity index (χ4v) is 4.81. The summed E-state index contributed by atoms with van der Waals surface area (Å²) in [6.07, 6.45) is 5.10. The number of fused-ring (bicyclic) bond motifs is 2. The maximum Gasteiger partial charge on any atom is 0.159 e. The first-order valence-corrected chi connectivity index (χ1v) is 11.0. The molecule has 1 aliphatic heterocycles. The Labute approximate surface area is 190 Å². The van der Waals surface area contributed by atoms with Crippen molar-refractivity contribution in [1.29, 1.82) is 0 Å². The molecule has 164 valence electrons. The lowest BCUT2D eigenvalue weighted by Gasteiger charge is -2.38. The number of aromatic amines is 1. The van der Waals surface area contributed by atoms with Gasteiger partial charge in [-0.1, -0.05) is 29.8 Å². The maximum atomic E-state index is 15.9. The highest BCUT2D eigenvalue weighted by Crippen LogP contribution is 2.41. The van der Waals surface area contributed by atoms with Gasteiger partial charge in [0.05, 0.1) is 16.7 Å². The third-order valence-corrected chi connectivity index (χ3v) is 6.71. The predicted octanol–water partition coefficient (Wildman–Crippen LogP) is 4.97. The molecule has 0 bridgehead atoms. The molecule has 0 saturated carbocycles. The molecule has 4 aromatic rings. The standard InChI is InChI=1S/C24H24ClFN6/c1-4-15(3)31-7-9-32(10-8-31)24-17-11-18(25)20(21(26)23(17)27-13-28-24)19-14(2)5-6-16-12-29-30-22(16)19/h4-6,11-13,15H,1,7-10H2,2-3H3,(H,29,30). The number of nitrogens with zero attached hydrogens (tertiary/aromatic N) is 5. The second-order valence-electron chi connectivity index (χ2n) is 8.23. The molecule has 6 nitrogen and oxygen atoms in total. The molecule has 0 radical (unpaired) electrons.